The number of benzene rings is 1. The van der Waals surface area contributed by atoms with Gasteiger partial charge in [0.05, 0.1) is 5.52 Å². The van der Waals surface area contributed by atoms with Gasteiger partial charge in [0, 0.05) is 51.4 Å². The number of rotatable bonds is 6. The summed E-state index contributed by atoms with van der Waals surface area (Å²) in [5, 5.41) is 0. The van der Waals surface area contributed by atoms with E-state index in [0.717, 1.165) is 55.2 Å². The zero-order valence-electron chi connectivity index (χ0n) is 17.8. The lowest BCUT2D eigenvalue weighted by Crippen LogP contribution is -2.49. The van der Waals surface area contributed by atoms with Gasteiger partial charge in [-0.15, -0.1) is 0 Å². The molecule has 4 rings (SSSR count). The first-order valence-corrected chi connectivity index (χ1v) is 10.5. The molecule has 1 aliphatic heterocycles. The van der Waals surface area contributed by atoms with Crippen molar-refractivity contribution < 1.29 is 9.21 Å². The molecule has 0 aliphatic carbocycles. The Kier molecular flexibility index (Phi) is 5.91. The lowest BCUT2D eigenvalue weighted by atomic mass is 10.2. The van der Waals surface area contributed by atoms with E-state index in [1.807, 2.05) is 53.6 Å². The number of aromatic nitrogens is 1. The number of furan rings is 1. The van der Waals surface area contributed by atoms with Crippen molar-refractivity contribution in [1.29, 1.82) is 0 Å². The number of aryl methyl sites for hydroxylation is 1. The lowest BCUT2D eigenvalue weighted by molar-refractivity contribution is 0.0640. The fourth-order valence-corrected chi connectivity index (χ4v) is 3.98. The second-order valence-corrected chi connectivity index (χ2v) is 8.09. The third-order valence-electron chi connectivity index (χ3n) is 5.49. The molecule has 0 bridgehead atoms. The third kappa shape index (κ3) is 4.41. The van der Waals surface area contributed by atoms with E-state index in [2.05, 4.69) is 35.8 Å². The molecule has 30 heavy (non-hydrogen) atoms. The largest absolute Gasteiger partial charge is 0.460 e. The molecule has 1 fully saturated rings. The van der Waals surface area contributed by atoms with E-state index >= 15 is 0 Å². The maximum atomic E-state index is 13.3. The van der Waals surface area contributed by atoms with Crippen LogP contribution in [0.25, 0.3) is 17.2 Å². The van der Waals surface area contributed by atoms with E-state index in [1.54, 1.807) is 0 Å². The van der Waals surface area contributed by atoms with E-state index < -0.39 is 0 Å². The first-order valence-electron chi connectivity index (χ1n) is 10.5. The fraction of sp³-hybridized carbons (Fsp3) is 0.320. The van der Waals surface area contributed by atoms with Crippen molar-refractivity contribution >= 4 is 23.1 Å². The maximum absolute atomic E-state index is 13.3. The number of nitrogens with zero attached hydrogens (tertiary/aromatic N) is 3. The van der Waals surface area contributed by atoms with Crippen molar-refractivity contribution in [2.75, 3.05) is 32.7 Å². The van der Waals surface area contributed by atoms with Crippen LogP contribution < -0.4 is 0 Å². The molecular formula is C25H29N3O2. The van der Waals surface area contributed by atoms with Crippen LogP contribution in [0.4, 0.5) is 0 Å². The molecule has 5 nitrogen and oxygen atoms in total. The Balaban J connectivity index is 1.40. The fourth-order valence-electron chi connectivity index (χ4n) is 3.98. The Morgan fingerprint density at radius 2 is 1.87 bits per heavy atom. The van der Waals surface area contributed by atoms with Crippen molar-refractivity contribution in [2.45, 2.75) is 20.4 Å². The molecule has 156 valence electrons. The minimum Gasteiger partial charge on any atom is -0.460 e. The molecule has 1 saturated heterocycles. The average molecular weight is 404 g/mol. The minimum atomic E-state index is 0.0692. The summed E-state index contributed by atoms with van der Waals surface area (Å²) < 4.78 is 7.80. The van der Waals surface area contributed by atoms with E-state index in [9.17, 15) is 4.79 Å². The highest BCUT2D eigenvalue weighted by molar-refractivity contribution is 5.97. The van der Waals surface area contributed by atoms with Gasteiger partial charge in [0.1, 0.15) is 11.5 Å². The molecule has 3 aromatic rings. The molecule has 3 heterocycles. The summed E-state index contributed by atoms with van der Waals surface area (Å²) in [6.45, 7) is 12.7. The zero-order chi connectivity index (χ0) is 21.1. The van der Waals surface area contributed by atoms with Crippen LogP contribution in [0.2, 0.25) is 0 Å². The van der Waals surface area contributed by atoms with Gasteiger partial charge < -0.3 is 13.9 Å². The summed E-state index contributed by atoms with van der Waals surface area (Å²) >= 11 is 0. The van der Waals surface area contributed by atoms with Crippen molar-refractivity contribution in [2.24, 2.45) is 0 Å². The first-order chi connectivity index (χ1) is 14.5. The van der Waals surface area contributed by atoms with E-state index in [0.29, 0.717) is 12.2 Å². The topological polar surface area (TPSA) is 41.6 Å². The number of fused-ring (bicyclic) bond motifs is 1. The Morgan fingerprint density at radius 3 is 2.57 bits per heavy atom. The third-order valence-corrected chi connectivity index (χ3v) is 5.49. The predicted octanol–water partition coefficient (Wildman–Crippen LogP) is 4.59. The van der Waals surface area contributed by atoms with Gasteiger partial charge >= 0.3 is 0 Å². The molecule has 0 atom stereocenters. The summed E-state index contributed by atoms with van der Waals surface area (Å²) in [7, 11) is 0. The predicted molar refractivity (Wildman–Crippen MR) is 122 cm³/mol. The first kappa shape index (κ1) is 20.2. The minimum absolute atomic E-state index is 0.0692. The van der Waals surface area contributed by atoms with Gasteiger partial charge in [-0.05, 0) is 19.4 Å². The van der Waals surface area contributed by atoms with Crippen molar-refractivity contribution in [3.8, 4) is 0 Å². The highest BCUT2D eigenvalue weighted by atomic mass is 16.3. The van der Waals surface area contributed by atoms with Crippen LogP contribution in [0.1, 0.15) is 28.7 Å². The van der Waals surface area contributed by atoms with Crippen LogP contribution in [0, 0.1) is 6.92 Å². The molecule has 0 unspecified atom stereocenters. The van der Waals surface area contributed by atoms with Gasteiger partial charge in [0.15, 0.2) is 5.58 Å². The highest BCUT2D eigenvalue weighted by Crippen LogP contribution is 2.26. The molecule has 1 amide bonds. The number of hydrogen-bond acceptors (Lipinski definition) is 3. The van der Waals surface area contributed by atoms with Crippen molar-refractivity contribution in [3.05, 3.63) is 77.7 Å². The van der Waals surface area contributed by atoms with Gasteiger partial charge in [-0.2, -0.15) is 0 Å². The Hall–Kier alpha value is -3.05. The van der Waals surface area contributed by atoms with Crippen molar-refractivity contribution in [1.82, 2.24) is 14.4 Å². The quantitative estimate of drug-likeness (QED) is 0.565. The average Bonchev–Trinajstić information content (AvgIpc) is 3.25. The molecule has 0 radical (unpaired) electrons. The molecule has 1 aliphatic rings. The summed E-state index contributed by atoms with van der Waals surface area (Å²) in [5.74, 6) is 0.923. The van der Waals surface area contributed by atoms with Gasteiger partial charge in [-0.3, -0.25) is 9.69 Å². The molecule has 1 aromatic carbocycles. The van der Waals surface area contributed by atoms with Crippen LogP contribution in [0.3, 0.4) is 0 Å². The van der Waals surface area contributed by atoms with E-state index in [1.165, 1.54) is 5.56 Å². The number of hydrogen-bond donors (Lipinski definition) is 0. The van der Waals surface area contributed by atoms with Gasteiger partial charge in [0.25, 0.3) is 5.91 Å². The maximum Gasteiger partial charge on any atom is 0.270 e. The van der Waals surface area contributed by atoms with Gasteiger partial charge in [-0.25, -0.2) is 0 Å². The number of piperazine rings is 1. The van der Waals surface area contributed by atoms with Crippen LogP contribution in [0.15, 0.2) is 65.1 Å². The second-order valence-electron chi connectivity index (χ2n) is 8.09. The summed E-state index contributed by atoms with van der Waals surface area (Å²) in [4.78, 5) is 17.6. The Labute approximate surface area is 177 Å². The Bertz CT molecular complexity index is 1070. The van der Waals surface area contributed by atoms with Crippen LogP contribution in [-0.2, 0) is 6.54 Å². The number of amides is 1. The zero-order valence-corrected chi connectivity index (χ0v) is 17.8. The molecule has 5 heteroatoms. The number of carbonyl (C=O) groups excluding carboxylic acids is 1. The van der Waals surface area contributed by atoms with Gasteiger partial charge in [-0.1, -0.05) is 54.6 Å². The summed E-state index contributed by atoms with van der Waals surface area (Å²) in [5.41, 5.74) is 4.63. The SMILES string of the molecule is C=C(C)Cn1c(C(=O)N2CCN(C/C=C/c3ccccc3)CC2)cc2oc(C)cc21. The number of carbonyl (C=O) groups is 1. The molecular weight excluding hydrogens is 374 g/mol. The second kappa shape index (κ2) is 8.76. The smallest absolute Gasteiger partial charge is 0.270 e. The summed E-state index contributed by atoms with van der Waals surface area (Å²) in [6, 6.07) is 14.2. The lowest BCUT2D eigenvalue weighted by Gasteiger charge is -2.34. The molecule has 2 aromatic heterocycles. The van der Waals surface area contributed by atoms with Gasteiger partial charge in [0.2, 0.25) is 0 Å². The standard InChI is InChI=1S/C25H29N3O2/c1-19(2)18-28-22-16-20(3)30-24(22)17-23(28)25(29)27-14-12-26(13-15-27)11-7-10-21-8-5-4-6-9-21/h4-10,16-17H,1,11-15,18H2,2-3H3/b10-7+. The van der Waals surface area contributed by atoms with E-state index in [-0.39, 0.29) is 5.91 Å². The monoisotopic (exact) mass is 403 g/mol. The molecule has 0 N–H and O–H groups in total. The van der Waals surface area contributed by atoms with Crippen LogP contribution in [0.5, 0.6) is 0 Å². The molecule has 0 spiro atoms. The van der Waals surface area contributed by atoms with Crippen LogP contribution in [-0.4, -0.2) is 53.0 Å². The van der Waals surface area contributed by atoms with Crippen LogP contribution >= 0.6 is 0 Å². The summed E-state index contributed by atoms with van der Waals surface area (Å²) in [6.07, 6.45) is 4.35. The molecule has 0 saturated carbocycles. The number of allylic oxidation sites excluding steroid dienone is 1. The normalized spacial score (nSPS) is 15.3. The van der Waals surface area contributed by atoms with Crippen molar-refractivity contribution in [3.63, 3.8) is 0 Å². The van der Waals surface area contributed by atoms with E-state index in [4.69, 9.17) is 4.42 Å². The Morgan fingerprint density at radius 1 is 1.13 bits per heavy atom. The highest BCUT2D eigenvalue weighted by Gasteiger charge is 2.26.